The van der Waals surface area contributed by atoms with Gasteiger partial charge in [0.2, 0.25) is 11.8 Å². The number of halogens is 2. The lowest BCUT2D eigenvalue weighted by Gasteiger charge is -2.32. The lowest BCUT2D eigenvalue weighted by atomic mass is 10.1. The van der Waals surface area contributed by atoms with Crippen LogP contribution >= 0.6 is 0 Å². The highest BCUT2D eigenvalue weighted by Crippen LogP contribution is 2.24. The number of rotatable bonds is 11. The van der Waals surface area contributed by atoms with Gasteiger partial charge in [-0.15, -0.1) is 0 Å². The molecule has 2 atom stereocenters. The first-order valence-corrected chi connectivity index (χ1v) is 13.6. The maximum absolute atomic E-state index is 13.7. The summed E-state index contributed by atoms with van der Waals surface area (Å²) in [7, 11) is -4.28. The summed E-state index contributed by atoms with van der Waals surface area (Å²) in [6.07, 6.45) is 0.683. The lowest BCUT2D eigenvalue weighted by Crippen LogP contribution is -2.52. The highest BCUT2D eigenvalue weighted by molar-refractivity contribution is 7.92. The van der Waals surface area contributed by atoms with Crippen LogP contribution in [0.1, 0.15) is 32.8 Å². The molecular weight excluding hydrogens is 512 g/mol. The lowest BCUT2D eigenvalue weighted by molar-refractivity contribution is -0.139. The third-order valence-electron chi connectivity index (χ3n) is 6.16. The number of nitrogens with zero attached hydrogens (tertiary/aromatic N) is 2. The van der Waals surface area contributed by atoms with Gasteiger partial charge >= 0.3 is 0 Å². The number of carbonyl (C=O) groups excluding carboxylic acids is 2. The molecule has 0 aliphatic heterocycles. The zero-order valence-electron chi connectivity index (χ0n) is 21.5. The van der Waals surface area contributed by atoms with Crippen molar-refractivity contribution in [2.24, 2.45) is 0 Å². The van der Waals surface area contributed by atoms with Gasteiger partial charge in [-0.25, -0.2) is 17.2 Å². The number of sulfonamides is 1. The van der Waals surface area contributed by atoms with Gasteiger partial charge in [0.15, 0.2) is 0 Å². The van der Waals surface area contributed by atoms with Gasteiger partial charge in [0.1, 0.15) is 24.2 Å². The Labute approximate surface area is 222 Å². The highest BCUT2D eigenvalue weighted by Gasteiger charge is 2.32. The average molecular weight is 544 g/mol. The molecule has 0 saturated heterocycles. The maximum Gasteiger partial charge on any atom is 0.264 e. The minimum Gasteiger partial charge on any atom is -0.352 e. The molecule has 0 fully saturated rings. The van der Waals surface area contributed by atoms with E-state index in [4.69, 9.17) is 0 Å². The van der Waals surface area contributed by atoms with Crippen molar-refractivity contribution >= 4 is 27.5 Å². The highest BCUT2D eigenvalue weighted by atomic mass is 32.2. The molecule has 0 spiro atoms. The minimum absolute atomic E-state index is 0.0482. The first-order chi connectivity index (χ1) is 18.0. The number of hydrogen-bond donors (Lipinski definition) is 1. The molecule has 0 aliphatic rings. The van der Waals surface area contributed by atoms with Crippen molar-refractivity contribution in [1.29, 1.82) is 0 Å². The smallest absolute Gasteiger partial charge is 0.264 e. The van der Waals surface area contributed by atoms with Gasteiger partial charge in [-0.05, 0) is 74.4 Å². The summed E-state index contributed by atoms with van der Waals surface area (Å²) in [6.45, 7) is 4.64. The number of para-hydroxylation sites is 1. The van der Waals surface area contributed by atoms with Crippen molar-refractivity contribution in [3.8, 4) is 0 Å². The Bertz CT molecular complexity index is 1330. The number of nitrogens with one attached hydrogen (secondary N) is 1. The molecule has 10 heteroatoms. The van der Waals surface area contributed by atoms with Crippen molar-refractivity contribution in [3.63, 3.8) is 0 Å². The average Bonchev–Trinajstić information content (AvgIpc) is 2.91. The van der Waals surface area contributed by atoms with Crippen LogP contribution in [0, 0.1) is 11.6 Å². The van der Waals surface area contributed by atoms with Crippen LogP contribution in [0.5, 0.6) is 0 Å². The molecule has 0 aromatic heterocycles. The largest absolute Gasteiger partial charge is 0.352 e. The van der Waals surface area contributed by atoms with Crippen LogP contribution in [0.25, 0.3) is 0 Å². The molecule has 0 heterocycles. The Kier molecular flexibility index (Phi) is 9.57. The molecule has 7 nitrogen and oxygen atoms in total. The quantitative estimate of drug-likeness (QED) is 0.386. The first-order valence-electron chi connectivity index (χ1n) is 12.2. The normalized spacial score (nSPS) is 12.9. The minimum atomic E-state index is -4.28. The van der Waals surface area contributed by atoms with Gasteiger partial charge in [-0.2, -0.15) is 0 Å². The summed E-state index contributed by atoms with van der Waals surface area (Å²) in [4.78, 5) is 27.8. The fraction of sp³-hybridized carbons (Fsp3) is 0.286. The van der Waals surface area contributed by atoms with Crippen LogP contribution in [0.3, 0.4) is 0 Å². The van der Waals surface area contributed by atoms with Crippen molar-refractivity contribution in [3.05, 3.63) is 96.1 Å². The number of benzene rings is 3. The van der Waals surface area contributed by atoms with Crippen molar-refractivity contribution in [1.82, 2.24) is 10.2 Å². The predicted molar refractivity (Wildman–Crippen MR) is 142 cm³/mol. The van der Waals surface area contributed by atoms with Crippen LogP contribution in [-0.4, -0.2) is 43.8 Å². The van der Waals surface area contributed by atoms with Gasteiger partial charge in [0, 0.05) is 12.6 Å². The summed E-state index contributed by atoms with van der Waals surface area (Å²) in [5, 5.41) is 2.85. The standard InChI is InChI=1S/C28H31F2N3O4S/c1-4-20(2)31-28(35)21(3)32(18-22-10-12-23(29)13-11-22)27(34)19-33(25-8-6-5-7-9-25)38(36,37)26-16-14-24(30)15-17-26/h5-17,20-21H,4,18-19H2,1-3H3,(H,31,35)/t20-,21-/m1/s1. The molecule has 3 aromatic carbocycles. The molecule has 0 bridgehead atoms. The Hall–Kier alpha value is -3.79. The number of amides is 2. The number of hydrogen-bond acceptors (Lipinski definition) is 4. The molecule has 1 N–H and O–H groups in total. The molecule has 3 aromatic rings. The van der Waals surface area contributed by atoms with E-state index in [9.17, 15) is 26.8 Å². The van der Waals surface area contributed by atoms with Crippen LogP contribution in [0.2, 0.25) is 0 Å². The van der Waals surface area contributed by atoms with Crippen LogP contribution in [-0.2, 0) is 26.2 Å². The van der Waals surface area contributed by atoms with Gasteiger partial charge < -0.3 is 10.2 Å². The van der Waals surface area contributed by atoms with Crippen LogP contribution < -0.4 is 9.62 Å². The van der Waals surface area contributed by atoms with E-state index >= 15 is 0 Å². The fourth-order valence-electron chi connectivity index (χ4n) is 3.69. The number of carbonyl (C=O) groups is 2. The second-order valence-electron chi connectivity index (χ2n) is 8.94. The molecule has 0 radical (unpaired) electrons. The third-order valence-corrected chi connectivity index (χ3v) is 7.95. The number of anilines is 1. The second-order valence-corrected chi connectivity index (χ2v) is 10.8. The molecule has 0 saturated carbocycles. The van der Waals surface area contributed by atoms with Crippen molar-refractivity contribution in [2.45, 2.75) is 50.7 Å². The van der Waals surface area contributed by atoms with E-state index in [1.165, 1.54) is 41.3 Å². The summed E-state index contributed by atoms with van der Waals surface area (Å²) < 4.78 is 55.1. The molecule has 0 unspecified atom stereocenters. The van der Waals surface area contributed by atoms with Gasteiger partial charge in [0.05, 0.1) is 10.6 Å². The van der Waals surface area contributed by atoms with Crippen molar-refractivity contribution in [2.75, 3.05) is 10.8 Å². The SMILES string of the molecule is CC[C@@H](C)NC(=O)[C@@H](C)N(Cc1ccc(F)cc1)C(=O)CN(c1ccccc1)S(=O)(=O)c1ccc(F)cc1. The van der Waals surface area contributed by atoms with Gasteiger partial charge in [-0.1, -0.05) is 37.3 Å². The maximum atomic E-state index is 13.7. The first kappa shape index (κ1) is 28.8. The summed E-state index contributed by atoms with van der Waals surface area (Å²) >= 11 is 0. The summed E-state index contributed by atoms with van der Waals surface area (Å²) in [6, 6.07) is 16.8. The fourth-order valence-corrected chi connectivity index (χ4v) is 5.11. The Morgan fingerprint density at radius 1 is 0.868 bits per heavy atom. The van der Waals surface area contributed by atoms with E-state index in [1.54, 1.807) is 25.1 Å². The third kappa shape index (κ3) is 7.16. The van der Waals surface area contributed by atoms with Gasteiger partial charge in [0.25, 0.3) is 10.0 Å². The summed E-state index contributed by atoms with van der Waals surface area (Å²) in [5.41, 5.74) is 0.791. The molecule has 3 rings (SSSR count). The van der Waals surface area contributed by atoms with E-state index in [2.05, 4.69) is 5.32 Å². The van der Waals surface area contributed by atoms with Crippen LogP contribution in [0.15, 0.2) is 83.8 Å². The van der Waals surface area contributed by atoms with E-state index in [0.717, 1.165) is 28.6 Å². The second kappa shape index (κ2) is 12.6. The van der Waals surface area contributed by atoms with Crippen LogP contribution in [0.4, 0.5) is 14.5 Å². The topological polar surface area (TPSA) is 86.8 Å². The molecule has 38 heavy (non-hydrogen) atoms. The molecular formula is C28H31F2N3O4S. The predicted octanol–water partition coefficient (Wildman–Crippen LogP) is 4.49. The van der Waals surface area contributed by atoms with E-state index in [0.29, 0.717) is 12.0 Å². The van der Waals surface area contributed by atoms with E-state index in [-0.39, 0.29) is 23.2 Å². The Morgan fingerprint density at radius 2 is 1.42 bits per heavy atom. The molecule has 2 amide bonds. The Balaban J connectivity index is 1.99. The Morgan fingerprint density at radius 3 is 1.97 bits per heavy atom. The van der Waals surface area contributed by atoms with Gasteiger partial charge in [-0.3, -0.25) is 13.9 Å². The molecule has 202 valence electrons. The summed E-state index contributed by atoms with van der Waals surface area (Å²) in [5.74, 6) is -2.09. The van der Waals surface area contributed by atoms with E-state index in [1.807, 2.05) is 13.8 Å². The zero-order valence-corrected chi connectivity index (χ0v) is 22.3. The molecule has 0 aliphatic carbocycles. The van der Waals surface area contributed by atoms with E-state index < -0.39 is 46.1 Å². The zero-order chi connectivity index (χ0) is 27.9. The van der Waals surface area contributed by atoms with Crippen molar-refractivity contribution < 1.29 is 26.8 Å². The monoisotopic (exact) mass is 543 g/mol.